The second-order valence-corrected chi connectivity index (χ2v) is 5.64. The molecule has 1 aliphatic rings. The highest BCUT2D eigenvalue weighted by atomic mass is 16.5. The normalized spacial score (nSPS) is 25.6. The van der Waals surface area contributed by atoms with Crippen molar-refractivity contribution in [3.05, 3.63) is 35.4 Å². The highest BCUT2D eigenvalue weighted by Crippen LogP contribution is 2.24. The Balaban J connectivity index is 2.10. The van der Waals surface area contributed by atoms with Gasteiger partial charge in [-0.25, -0.2) is 0 Å². The molecule has 0 aromatic heterocycles. The van der Waals surface area contributed by atoms with E-state index in [1.807, 2.05) is 0 Å². The van der Waals surface area contributed by atoms with Crippen molar-refractivity contribution in [2.75, 3.05) is 26.7 Å². The fraction of sp³-hybridized carbons (Fsp3) is 0.625. The molecule has 0 amide bonds. The summed E-state index contributed by atoms with van der Waals surface area (Å²) in [6, 6.07) is 8.83. The van der Waals surface area contributed by atoms with Gasteiger partial charge in [0.05, 0.1) is 18.8 Å². The van der Waals surface area contributed by atoms with E-state index >= 15 is 0 Å². The van der Waals surface area contributed by atoms with E-state index in [0.717, 1.165) is 13.1 Å². The number of nitrogens with two attached hydrogens (primary N) is 1. The van der Waals surface area contributed by atoms with Gasteiger partial charge in [-0.15, -0.1) is 0 Å². The van der Waals surface area contributed by atoms with Crippen LogP contribution < -0.4 is 5.73 Å². The monoisotopic (exact) mass is 278 g/mol. The molecule has 1 aliphatic heterocycles. The number of rotatable bonds is 5. The van der Waals surface area contributed by atoms with E-state index in [9.17, 15) is 0 Å². The molecule has 3 unspecified atom stereocenters. The molecule has 0 bridgehead atoms. The van der Waals surface area contributed by atoms with Crippen molar-refractivity contribution in [3.63, 3.8) is 0 Å². The summed E-state index contributed by atoms with van der Waals surface area (Å²) in [5, 5.41) is 0. The lowest BCUT2D eigenvalue weighted by atomic mass is 10.0. The van der Waals surface area contributed by atoms with E-state index < -0.39 is 0 Å². The van der Waals surface area contributed by atoms with Gasteiger partial charge in [-0.2, -0.15) is 0 Å². The Labute approximate surface area is 121 Å². The van der Waals surface area contributed by atoms with Crippen LogP contribution in [0.1, 0.15) is 31.0 Å². The molecule has 0 aliphatic carbocycles. The van der Waals surface area contributed by atoms with Gasteiger partial charge in [0.2, 0.25) is 0 Å². The molecule has 112 valence electrons. The lowest BCUT2D eigenvalue weighted by Gasteiger charge is -2.40. The SMILES string of the molecule is COCc1ccc(C(CN)N2CC(C)OC(C)C2)cc1. The van der Waals surface area contributed by atoms with Crippen molar-refractivity contribution < 1.29 is 9.47 Å². The molecule has 0 spiro atoms. The number of hydrogen-bond donors (Lipinski definition) is 1. The van der Waals surface area contributed by atoms with Crippen LogP contribution >= 0.6 is 0 Å². The van der Waals surface area contributed by atoms with Gasteiger partial charge < -0.3 is 15.2 Å². The van der Waals surface area contributed by atoms with Crippen LogP contribution in [-0.4, -0.2) is 43.9 Å². The second-order valence-electron chi connectivity index (χ2n) is 5.64. The smallest absolute Gasteiger partial charge is 0.0713 e. The fourth-order valence-corrected chi connectivity index (χ4v) is 2.97. The molecule has 1 aromatic carbocycles. The van der Waals surface area contributed by atoms with Crippen LogP contribution in [0.5, 0.6) is 0 Å². The minimum absolute atomic E-state index is 0.264. The molecular weight excluding hydrogens is 252 g/mol. The third-order valence-electron chi connectivity index (χ3n) is 3.79. The van der Waals surface area contributed by atoms with E-state index in [4.69, 9.17) is 15.2 Å². The van der Waals surface area contributed by atoms with Crippen molar-refractivity contribution in [3.8, 4) is 0 Å². The highest BCUT2D eigenvalue weighted by Gasteiger charge is 2.28. The maximum Gasteiger partial charge on any atom is 0.0713 e. The summed E-state index contributed by atoms with van der Waals surface area (Å²) in [5.74, 6) is 0. The maximum absolute atomic E-state index is 6.02. The highest BCUT2D eigenvalue weighted by molar-refractivity contribution is 5.25. The van der Waals surface area contributed by atoms with Gasteiger partial charge in [0.25, 0.3) is 0 Å². The van der Waals surface area contributed by atoms with Gasteiger partial charge in [0.15, 0.2) is 0 Å². The lowest BCUT2D eigenvalue weighted by Crippen LogP contribution is -2.48. The predicted molar refractivity (Wildman–Crippen MR) is 80.5 cm³/mol. The average Bonchev–Trinajstić information content (AvgIpc) is 2.41. The van der Waals surface area contributed by atoms with E-state index in [1.165, 1.54) is 11.1 Å². The van der Waals surface area contributed by atoms with Crippen LogP contribution in [0.4, 0.5) is 0 Å². The molecule has 0 radical (unpaired) electrons. The Morgan fingerprint density at radius 1 is 1.25 bits per heavy atom. The molecule has 1 saturated heterocycles. The molecule has 4 nitrogen and oxygen atoms in total. The quantitative estimate of drug-likeness (QED) is 0.894. The van der Waals surface area contributed by atoms with Gasteiger partial charge in [0, 0.05) is 32.8 Å². The van der Waals surface area contributed by atoms with Crippen molar-refractivity contribution >= 4 is 0 Å². The Bertz CT molecular complexity index is 397. The van der Waals surface area contributed by atoms with Gasteiger partial charge in [-0.05, 0) is 25.0 Å². The maximum atomic E-state index is 6.02. The van der Waals surface area contributed by atoms with Crippen LogP contribution in [0, 0.1) is 0 Å². The summed E-state index contributed by atoms with van der Waals surface area (Å²) >= 11 is 0. The summed E-state index contributed by atoms with van der Waals surface area (Å²) in [6.45, 7) is 7.40. The van der Waals surface area contributed by atoms with Crippen molar-refractivity contribution in [1.29, 1.82) is 0 Å². The molecule has 1 fully saturated rings. The minimum atomic E-state index is 0.264. The Morgan fingerprint density at radius 2 is 1.85 bits per heavy atom. The largest absolute Gasteiger partial charge is 0.380 e. The summed E-state index contributed by atoms with van der Waals surface area (Å²) < 4.78 is 10.9. The zero-order chi connectivity index (χ0) is 14.5. The number of nitrogens with zero attached hydrogens (tertiary/aromatic N) is 1. The van der Waals surface area contributed by atoms with Crippen molar-refractivity contribution in [1.82, 2.24) is 4.90 Å². The average molecular weight is 278 g/mol. The van der Waals surface area contributed by atoms with Crippen molar-refractivity contribution in [2.45, 2.75) is 38.7 Å². The molecule has 4 heteroatoms. The molecule has 2 rings (SSSR count). The third kappa shape index (κ3) is 3.79. The Morgan fingerprint density at radius 3 is 2.35 bits per heavy atom. The van der Waals surface area contributed by atoms with Gasteiger partial charge >= 0.3 is 0 Å². The van der Waals surface area contributed by atoms with Crippen LogP contribution in [0.15, 0.2) is 24.3 Å². The van der Waals surface area contributed by atoms with Crippen LogP contribution in [0.3, 0.4) is 0 Å². The van der Waals surface area contributed by atoms with E-state index in [-0.39, 0.29) is 18.2 Å². The third-order valence-corrected chi connectivity index (χ3v) is 3.79. The Kier molecular flexibility index (Phi) is 5.54. The first kappa shape index (κ1) is 15.4. The van der Waals surface area contributed by atoms with Gasteiger partial charge in [-0.3, -0.25) is 4.90 Å². The topological polar surface area (TPSA) is 47.7 Å². The molecular formula is C16H26N2O2. The first-order chi connectivity index (χ1) is 9.63. The van der Waals surface area contributed by atoms with Gasteiger partial charge in [0.1, 0.15) is 0 Å². The van der Waals surface area contributed by atoms with E-state index in [1.54, 1.807) is 7.11 Å². The zero-order valence-corrected chi connectivity index (χ0v) is 12.7. The van der Waals surface area contributed by atoms with Gasteiger partial charge in [-0.1, -0.05) is 24.3 Å². The molecule has 20 heavy (non-hydrogen) atoms. The lowest BCUT2D eigenvalue weighted by molar-refractivity contribution is -0.0799. The van der Waals surface area contributed by atoms with E-state index in [0.29, 0.717) is 13.2 Å². The van der Waals surface area contributed by atoms with Crippen LogP contribution in [-0.2, 0) is 16.1 Å². The molecule has 0 saturated carbocycles. The van der Waals surface area contributed by atoms with Crippen molar-refractivity contribution in [2.24, 2.45) is 5.73 Å². The standard InChI is InChI=1S/C16H26N2O2/c1-12-9-18(10-13(2)20-12)16(8-17)15-6-4-14(5-7-15)11-19-3/h4-7,12-13,16H,8-11,17H2,1-3H3. The summed E-state index contributed by atoms with van der Waals surface area (Å²) in [6.07, 6.45) is 0.529. The zero-order valence-electron chi connectivity index (χ0n) is 12.7. The Hall–Kier alpha value is -0.940. The number of hydrogen-bond acceptors (Lipinski definition) is 4. The summed E-state index contributed by atoms with van der Waals surface area (Å²) in [4.78, 5) is 2.43. The summed E-state index contributed by atoms with van der Waals surface area (Å²) in [5.41, 5.74) is 8.48. The minimum Gasteiger partial charge on any atom is -0.380 e. The molecule has 3 atom stereocenters. The fourth-order valence-electron chi connectivity index (χ4n) is 2.97. The first-order valence-electron chi connectivity index (χ1n) is 7.31. The number of benzene rings is 1. The number of ether oxygens (including phenoxy) is 2. The molecule has 1 heterocycles. The first-order valence-corrected chi connectivity index (χ1v) is 7.31. The molecule has 1 aromatic rings. The number of morpholine rings is 1. The predicted octanol–water partition coefficient (Wildman–Crippen LogP) is 1.94. The van der Waals surface area contributed by atoms with Crippen LogP contribution in [0.25, 0.3) is 0 Å². The molecule has 2 N–H and O–H groups in total. The second kappa shape index (κ2) is 7.18. The van der Waals surface area contributed by atoms with E-state index in [2.05, 4.69) is 43.0 Å². The summed E-state index contributed by atoms with van der Waals surface area (Å²) in [7, 11) is 1.72. The number of methoxy groups -OCH3 is 1. The van der Waals surface area contributed by atoms with Crippen LogP contribution in [0.2, 0.25) is 0 Å².